The van der Waals surface area contributed by atoms with Crippen molar-refractivity contribution in [3.8, 4) is 0 Å². The van der Waals surface area contributed by atoms with E-state index in [0.29, 0.717) is 25.7 Å². The van der Waals surface area contributed by atoms with Crippen molar-refractivity contribution in [1.29, 1.82) is 0 Å². The van der Waals surface area contributed by atoms with Gasteiger partial charge in [-0.05, 0) is 31.6 Å². The van der Waals surface area contributed by atoms with Gasteiger partial charge in [0.05, 0.1) is 26.4 Å². The van der Waals surface area contributed by atoms with Crippen molar-refractivity contribution in [1.82, 2.24) is 0 Å². The Morgan fingerprint density at radius 1 is 0.262 bits per heavy atom. The highest BCUT2D eigenvalue weighted by Crippen LogP contribution is 2.45. The van der Waals surface area contributed by atoms with Gasteiger partial charge in [-0.3, -0.25) is 37.3 Å². The molecule has 103 heavy (non-hydrogen) atoms. The third kappa shape index (κ3) is 78.0. The molecule has 5 atom stereocenters. The van der Waals surface area contributed by atoms with Gasteiger partial charge in [0, 0.05) is 25.7 Å². The van der Waals surface area contributed by atoms with E-state index in [-0.39, 0.29) is 25.7 Å². The summed E-state index contributed by atoms with van der Waals surface area (Å²) in [6, 6.07) is 0. The van der Waals surface area contributed by atoms with Gasteiger partial charge in [-0.25, -0.2) is 9.13 Å². The first-order chi connectivity index (χ1) is 50.0. The molecule has 0 bridgehead atoms. The first-order valence-electron chi connectivity index (χ1n) is 43.6. The summed E-state index contributed by atoms with van der Waals surface area (Å²) in [5.41, 5.74) is 0. The van der Waals surface area contributed by atoms with Gasteiger partial charge < -0.3 is 33.8 Å². The van der Waals surface area contributed by atoms with Crippen LogP contribution >= 0.6 is 15.6 Å². The highest BCUT2D eigenvalue weighted by molar-refractivity contribution is 7.47. The van der Waals surface area contributed by atoms with E-state index in [9.17, 15) is 43.2 Å². The van der Waals surface area contributed by atoms with Crippen LogP contribution in [0.15, 0.2) is 0 Å². The zero-order valence-corrected chi connectivity index (χ0v) is 69.3. The highest BCUT2D eigenvalue weighted by atomic mass is 31.2. The first kappa shape index (κ1) is 101. The summed E-state index contributed by atoms with van der Waals surface area (Å²) in [5.74, 6) is -1.30. The maximum absolute atomic E-state index is 13.1. The van der Waals surface area contributed by atoms with E-state index in [2.05, 4.69) is 34.6 Å². The summed E-state index contributed by atoms with van der Waals surface area (Å²) in [6.45, 7) is 7.37. The number of hydrogen-bond donors (Lipinski definition) is 3. The van der Waals surface area contributed by atoms with Crippen LogP contribution in [0.4, 0.5) is 0 Å². The number of phosphoric ester groups is 2. The molecule has 0 aromatic carbocycles. The van der Waals surface area contributed by atoms with Crippen LogP contribution in [0.25, 0.3) is 0 Å². The van der Waals surface area contributed by atoms with Gasteiger partial charge in [-0.15, -0.1) is 0 Å². The number of ether oxygens (including phenoxy) is 4. The molecule has 0 saturated heterocycles. The lowest BCUT2D eigenvalue weighted by Gasteiger charge is -2.21. The molecule has 0 aliphatic carbocycles. The van der Waals surface area contributed by atoms with E-state index in [1.165, 1.54) is 276 Å². The number of aliphatic hydroxyl groups excluding tert-OH is 1. The van der Waals surface area contributed by atoms with Crippen LogP contribution < -0.4 is 0 Å². The Labute approximate surface area is 632 Å². The molecule has 0 aliphatic heterocycles. The molecule has 17 nitrogen and oxygen atoms in total. The second-order valence-corrected chi connectivity index (χ2v) is 33.6. The van der Waals surface area contributed by atoms with Crippen molar-refractivity contribution in [3.05, 3.63) is 0 Å². The minimum Gasteiger partial charge on any atom is -0.462 e. The van der Waals surface area contributed by atoms with Crippen molar-refractivity contribution in [2.75, 3.05) is 39.6 Å². The van der Waals surface area contributed by atoms with Gasteiger partial charge in [-0.2, -0.15) is 0 Å². The van der Waals surface area contributed by atoms with Crippen LogP contribution in [0.5, 0.6) is 0 Å². The average molecular weight is 1510 g/mol. The molecule has 0 radical (unpaired) electrons. The standard InChI is InChI=1S/C84H164O17P2/c1-6-9-12-15-18-21-24-26-28-29-30-31-32-33-35-41-45-50-55-60-65-70-84(89)101-80(74-95-82(87)68-63-58-53-48-43-39-37-36-38-42-46-51-56-61-66-77(4)5)76-99-103(92,93)97-72-78(85)71-96-102(90,91)98-75-79(73-94-81(86)67-62-57-52-47-23-20-17-14-11-8-3)100-83(88)69-64-59-54-49-44-40-34-27-25-22-19-16-13-10-7-2/h77-80,85H,6-76H2,1-5H3,(H,90,91)(H,92,93)/t78-,79+,80+/m0/s1. The van der Waals surface area contributed by atoms with Crippen LogP contribution in [0.2, 0.25) is 0 Å². The second kappa shape index (κ2) is 76.8. The van der Waals surface area contributed by atoms with Gasteiger partial charge in [0.15, 0.2) is 12.2 Å². The maximum Gasteiger partial charge on any atom is 0.472 e. The van der Waals surface area contributed by atoms with Crippen molar-refractivity contribution in [2.24, 2.45) is 5.92 Å². The summed E-state index contributed by atoms with van der Waals surface area (Å²) >= 11 is 0. The number of unbranched alkanes of at least 4 members (excludes halogenated alkanes) is 56. The minimum absolute atomic E-state index is 0.109. The summed E-state index contributed by atoms with van der Waals surface area (Å²) < 4.78 is 68.8. The fourth-order valence-electron chi connectivity index (χ4n) is 13.1. The largest absolute Gasteiger partial charge is 0.472 e. The maximum atomic E-state index is 13.1. The number of esters is 4. The summed E-state index contributed by atoms with van der Waals surface area (Å²) in [7, 11) is -9.92. The molecule has 0 heterocycles. The molecule has 0 rings (SSSR count). The molecule has 0 aromatic rings. The highest BCUT2D eigenvalue weighted by Gasteiger charge is 2.30. The Morgan fingerprint density at radius 3 is 0.660 bits per heavy atom. The molecule has 0 fully saturated rings. The monoisotopic (exact) mass is 1510 g/mol. The minimum atomic E-state index is -4.96. The molecule has 0 aromatic heterocycles. The van der Waals surface area contributed by atoms with Gasteiger partial charge in [0.2, 0.25) is 0 Å². The third-order valence-electron chi connectivity index (χ3n) is 19.8. The zero-order chi connectivity index (χ0) is 75.5. The molecule has 0 saturated carbocycles. The zero-order valence-electron chi connectivity index (χ0n) is 67.5. The van der Waals surface area contributed by atoms with Crippen LogP contribution in [-0.2, 0) is 65.4 Å². The number of carbonyl (C=O) groups is 4. The van der Waals surface area contributed by atoms with E-state index in [1.807, 2.05) is 0 Å². The molecule has 0 amide bonds. The molecule has 3 N–H and O–H groups in total. The van der Waals surface area contributed by atoms with Crippen LogP contribution in [-0.4, -0.2) is 96.7 Å². The van der Waals surface area contributed by atoms with E-state index in [0.717, 1.165) is 95.8 Å². The summed E-state index contributed by atoms with van der Waals surface area (Å²) in [5, 5.41) is 10.7. The number of carbonyl (C=O) groups excluding carboxylic acids is 4. The van der Waals surface area contributed by atoms with E-state index in [4.69, 9.17) is 37.0 Å². The SMILES string of the molecule is CCCCCCCCCCCCCCCCCCCCCCCC(=O)O[C@H](COC(=O)CCCCCCCCCCCCCCCCC(C)C)COP(=O)(O)OC[C@@H](O)COP(=O)(O)OC[C@@H](COC(=O)CCCCCCCCCCCC)OC(=O)CCCCCCCCCCCCCCCCC. The van der Waals surface area contributed by atoms with Gasteiger partial charge in [0.1, 0.15) is 19.3 Å². The molecular formula is C84H164O17P2. The predicted molar refractivity (Wildman–Crippen MR) is 423 cm³/mol. The Kier molecular flexibility index (Phi) is 75.4. The summed E-state index contributed by atoms with van der Waals surface area (Å²) in [4.78, 5) is 73.1. The van der Waals surface area contributed by atoms with E-state index >= 15 is 0 Å². The molecule has 0 aliphatic rings. The third-order valence-corrected chi connectivity index (χ3v) is 21.7. The number of rotatable bonds is 84. The number of aliphatic hydroxyl groups is 1. The average Bonchev–Trinajstić information content (AvgIpc) is 1.07. The number of phosphoric acid groups is 2. The Bertz CT molecular complexity index is 1960. The quantitative estimate of drug-likeness (QED) is 0.0222. The predicted octanol–water partition coefficient (Wildman–Crippen LogP) is 25.6. The topological polar surface area (TPSA) is 237 Å². The molecule has 0 spiro atoms. The van der Waals surface area contributed by atoms with E-state index < -0.39 is 97.5 Å². The Morgan fingerprint density at radius 2 is 0.447 bits per heavy atom. The lowest BCUT2D eigenvalue weighted by molar-refractivity contribution is -0.161. The Hall–Kier alpha value is -1.94. The van der Waals surface area contributed by atoms with Crippen molar-refractivity contribution in [3.63, 3.8) is 0 Å². The Balaban J connectivity index is 5.22. The molecule has 2 unspecified atom stereocenters. The van der Waals surface area contributed by atoms with Crippen LogP contribution in [0.3, 0.4) is 0 Å². The van der Waals surface area contributed by atoms with E-state index in [1.54, 1.807) is 0 Å². The fourth-order valence-corrected chi connectivity index (χ4v) is 14.7. The first-order valence-corrected chi connectivity index (χ1v) is 46.6. The fraction of sp³-hybridized carbons (Fsp3) is 0.952. The van der Waals surface area contributed by atoms with Crippen molar-refractivity contribution >= 4 is 39.5 Å². The molecular weight excluding hydrogens is 1340 g/mol. The lowest BCUT2D eigenvalue weighted by Crippen LogP contribution is -2.30. The number of hydrogen-bond acceptors (Lipinski definition) is 15. The van der Waals surface area contributed by atoms with Crippen LogP contribution in [0, 0.1) is 5.92 Å². The molecule has 19 heteroatoms. The second-order valence-electron chi connectivity index (χ2n) is 30.7. The van der Waals surface area contributed by atoms with Crippen molar-refractivity contribution in [2.45, 2.75) is 470 Å². The lowest BCUT2D eigenvalue weighted by atomic mass is 10.0. The van der Waals surface area contributed by atoms with Gasteiger partial charge in [0.25, 0.3) is 0 Å². The van der Waals surface area contributed by atoms with Gasteiger partial charge in [-0.1, -0.05) is 401 Å². The van der Waals surface area contributed by atoms with Crippen molar-refractivity contribution < 1.29 is 80.2 Å². The summed E-state index contributed by atoms with van der Waals surface area (Å²) in [6.07, 6.45) is 69.4. The normalized spacial score (nSPS) is 13.8. The smallest absolute Gasteiger partial charge is 0.462 e. The van der Waals surface area contributed by atoms with Gasteiger partial charge >= 0.3 is 39.5 Å². The van der Waals surface area contributed by atoms with Crippen LogP contribution in [0.1, 0.15) is 452 Å². The molecule has 612 valence electrons.